The first-order valence-electron chi connectivity index (χ1n) is 9.41. The number of likely N-dealkylation sites (N-methyl/N-ethyl adjacent to an activating group) is 1. The average molecular weight is 392 g/mol. The molecule has 2 N–H and O–H groups in total. The number of nitrogens with zero attached hydrogens (tertiary/aromatic N) is 2. The number of nitrogens with one attached hydrogen (secondary N) is 2. The molecule has 150 valence electrons. The van der Waals surface area contributed by atoms with E-state index >= 15 is 0 Å². The van der Waals surface area contributed by atoms with Crippen LogP contribution in [0.4, 0.5) is 5.69 Å². The fourth-order valence-corrected chi connectivity index (χ4v) is 3.09. The van der Waals surface area contributed by atoms with E-state index in [-0.39, 0.29) is 18.4 Å². The maximum atomic E-state index is 12.8. The number of benzene rings is 1. The number of aromatic nitrogens is 2. The number of rotatable bonds is 7. The summed E-state index contributed by atoms with van der Waals surface area (Å²) in [6.07, 6.45) is 1.72. The lowest BCUT2D eigenvalue weighted by Gasteiger charge is -2.10. The van der Waals surface area contributed by atoms with Gasteiger partial charge in [0.1, 0.15) is 11.6 Å². The Bertz CT molecular complexity index is 1010. The van der Waals surface area contributed by atoms with Gasteiger partial charge in [-0.2, -0.15) is 0 Å². The van der Waals surface area contributed by atoms with Crippen molar-refractivity contribution in [2.24, 2.45) is 0 Å². The van der Waals surface area contributed by atoms with Gasteiger partial charge in [0.25, 0.3) is 11.8 Å². The Kier molecular flexibility index (Phi) is 6.29. The lowest BCUT2D eigenvalue weighted by molar-refractivity contribution is -0.122. The molecule has 0 bridgehead atoms. The third kappa shape index (κ3) is 4.82. The standard InChI is InChI=1S/C22H24N4O3/c1-4-23-21(27)14-29-18-9-7-8-17(13-18)25-22(28)19-12-15(2)26(16(19)3)20-10-5-6-11-24-20/h5-13H,4,14H2,1-3H3,(H,23,27)(H,25,28). The van der Waals surface area contributed by atoms with Gasteiger partial charge >= 0.3 is 0 Å². The Morgan fingerprint density at radius 2 is 1.93 bits per heavy atom. The first-order valence-corrected chi connectivity index (χ1v) is 9.41. The normalized spacial score (nSPS) is 10.4. The summed E-state index contributed by atoms with van der Waals surface area (Å²) in [7, 11) is 0. The van der Waals surface area contributed by atoms with Gasteiger partial charge in [-0.1, -0.05) is 12.1 Å². The highest BCUT2D eigenvalue weighted by atomic mass is 16.5. The van der Waals surface area contributed by atoms with Crippen molar-refractivity contribution in [3.8, 4) is 11.6 Å². The van der Waals surface area contributed by atoms with E-state index in [2.05, 4.69) is 15.6 Å². The van der Waals surface area contributed by atoms with E-state index in [1.165, 1.54) is 0 Å². The van der Waals surface area contributed by atoms with Gasteiger partial charge in [-0.3, -0.25) is 9.59 Å². The third-order valence-electron chi connectivity index (χ3n) is 4.39. The SMILES string of the molecule is CCNC(=O)COc1cccc(NC(=O)c2cc(C)n(-c3ccccn3)c2C)c1. The maximum absolute atomic E-state index is 12.8. The molecule has 0 atom stereocenters. The van der Waals surface area contributed by atoms with Crippen LogP contribution in [0.25, 0.3) is 5.82 Å². The molecular formula is C22H24N4O3. The van der Waals surface area contributed by atoms with Crippen molar-refractivity contribution in [3.05, 3.63) is 71.7 Å². The summed E-state index contributed by atoms with van der Waals surface area (Å²) in [6.45, 7) is 6.15. The van der Waals surface area contributed by atoms with E-state index in [9.17, 15) is 9.59 Å². The molecule has 29 heavy (non-hydrogen) atoms. The van der Waals surface area contributed by atoms with Crippen molar-refractivity contribution < 1.29 is 14.3 Å². The lowest BCUT2D eigenvalue weighted by Crippen LogP contribution is -2.28. The van der Waals surface area contributed by atoms with E-state index in [1.54, 1.807) is 30.5 Å². The summed E-state index contributed by atoms with van der Waals surface area (Å²) < 4.78 is 7.42. The molecule has 0 unspecified atom stereocenters. The molecule has 7 nitrogen and oxygen atoms in total. The van der Waals surface area contributed by atoms with Crippen LogP contribution in [0, 0.1) is 13.8 Å². The molecule has 0 spiro atoms. The topological polar surface area (TPSA) is 85.3 Å². The van der Waals surface area contributed by atoms with Crippen LogP contribution in [0.3, 0.4) is 0 Å². The molecule has 2 amide bonds. The lowest BCUT2D eigenvalue weighted by atomic mass is 10.2. The molecule has 2 aromatic heterocycles. The van der Waals surface area contributed by atoms with E-state index in [1.807, 2.05) is 49.6 Å². The van der Waals surface area contributed by atoms with Gasteiger partial charge in [-0.15, -0.1) is 0 Å². The van der Waals surface area contributed by atoms with Gasteiger partial charge in [0.2, 0.25) is 0 Å². The van der Waals surface area contributed by atoms with Crippen LogP contribution in [0.5, 0.6) is 5.75 Å². The number of pyridine rings is 1. The Morgan fingerprint density at radius 3 is 2.66 bits per heavy atom. The number of ether oxygens (including phenoxy) is 1. The minimum atomic E-state index is -0.221. The summed E-state index contributed by atoms with van der Waals surface area (Å²) in [6, 6.07) is 14.5. The summed E-state index contributed by atoms with van der Waals surface area (Å²) in [5.74, 6) is 0.861. The fourth-order valence-electron chi connectivity index (χ4n) is 3.09. The molecular weight excluding hydrogens is 368 g/mol. The zero-order valence-electron chi connectivity index (χ0n) is 16.7. The highest BCUT2D eigenvalue weighted by molar-refractivity contribution is 6.05. The number of amides is 2. The molecule has 0 aliphatic heterocycles. The summed E-state index contributed by atoms with van der Waals surface area (Å²) in [4.78, 5) is 28.8. The zero-order chi connectivity index (χ0) is 20.8. The van der Waals surface area contributed by atoms with Crippen molar-refractivity contribution in [2.45, 2.75) is 20.8 Å². The number of hydrogen-bond acceptors (Lipinski definition) is 4. The predicted molar refractivity (Wildman–Crippen MR) is 112 cm³/mol. The van der Waals surface area contributed by atoms with E-state index in [0.29, 0.717) is 23.5 Å². The maximum Gasteiger partial charge on any atom is 0.257 e. The Hall–Kier alpha value is -3.61. The highest BCUT2D eigenvalue weighted by Crippen LogP contribution is 2.22. The first-order chi connectivity index (χ1) is 14.0. The van der Waals surface area contributed by atoms with Crippen LogP contribution in [0.2, 0.25) is 0 Å². The molecule has 7 heteroatoms. The Labute approximate surface area is 169 Å². The molecule has 0 saturated heterocycles. The van der Waals surface area contributed by atoms with Gasteiger partial charge in [0.15, 0.2) is 6.61 Å². The van der Waals surface area contributed by atoms with Crippen LogP contribution in [0.15, 0.2) is 54.7 Å². The molecule has 0 radical (unpaired) electrons. The van der Waals surface area contributed by atoms with Crippen molar-refractivity contribution in [3.63, 3.8) is 0 Å². The van der Waals surface area contributed by atoms with Crippen molar-refractivity contribution in [1.82, 2.24) is 14.9 Å². The van der Waals surface area contributed by atoms with E-state index in [4.69, 9.17) is 4.74 Å². The van der Waals surface area contributed by atoms with Gasteiger partial charge < -0.3 is 19.9 Å². The number of carbonyl (C=O) groups is 2. The monoisotopic (exact) mass is 392 g/mol. The van der Waals surface area contributed by atoms with Crippen LogP contribution in [0.1, 0.15) is 28.7 Å². The second-order valence-electron chi connectivity index (χ2n) is 6.53. The molecule has 1 aromatic carbocycles. The minimum Gasteiger partial charge on any atom is -0.484 e. The summed E-state index contributed by atoms with van der Waals surface area (Å²) in [5.41, 5.74) is 2.89. The van der Waals surface area contributed by atoms with Gasteiger partial charge in [0, 0.05) is 35.9 Å². The average Bonchev–Trinajstić information content (AvgIpc) is 3.02. The molecule has 0 saturated carbocycles. The predicted octanol–water partition coefficient (Wildman–Crippen LogP) is 3.26. The number of aryl methyl sites for hydroxylation is 1. The second kappa shape index (κ2) is 9.05. The van der Waals surface area contributed by atoms with Gasteiger partial charge in [0.05, 0.1) is 5.56 Å². The van der Waals surface area contributed by atoms with E-state index < -0.39 is 0 Å². The molecule has 2 heterocycles. The minimum absolute atomic E-state index is 0.0729. The number of anilines is 1. The molecule has 0 fully saturated rings. The summed E-state index contributed by atoms with van der Waals surface area (Å²) in [5, 5.41) is 5.56. The Balaban J connectivity index is 1.74. The van der Waals surface area contributed by atoms with Gasteiger partial charge in [-0.25, -0.2) is 4.98 Å². The second-order valence-corrected chi connectivity index (χ2v) is 6.53. The summed E-state index contributed by atoms with van der Waals surface area (Å²) >= 11 is 0. The van der Waals surface area contributed by atoms with E-state index in [0.717, 1.165) is 17.2 Å². The van der Waals surface area contributed by atoms with Crippen LogP contribution < -0.4 is 15.4 Å². The largest absolute Gasteiger partial charge is 0.484 e. The smallest absolute Gasteiger partial charge is 0.257 e. The van der Waals surface area contributed by atoms with Crippen LogP contribution >= 0.6 is 0 Å². The quantitative estimate of drug-likeness (QED) is 0.646. The van der Waals surface area contributed by atoms with Gasteiger partial charge in [-0.05, 0) is 51.1 Å². The number of carbonyl (C=O) groups excluding carboxylic acids is 2. The first kappa shape index (κ1) is 20.1. The highest BCUT2D eigenvalue weighted by Gasteiger charge is 2.17. The molecule has 3 rings (SSSR count). The van der Waals surface area contributed by atoms with Crippen LogP contribution in [-0.2, 0) is 4.79 Å². The van der Waals surface area contributed by atoms with Crippen LogP contribution in [-0.4, -0.2) is 34.5 Å². The Morgan fingerprint density at radius 1 is 1.10 bits per heavy atom. The number of hydrogen-bond donors (Lipinski definition) is 2. The van der Waals surface area contributed by atoms with Crippen molar-refractivity contribution >= 4 is 17.5 Å². The molecule has 0 aliphatic rings. The third-order valence-corrected chi connectivity index (χ3v) is 4.39. The fraction of sp³-hybridized carbons (Fsp3) is 0.227. The van der Waals surface area contributed by atoms with Crippen molar-refractivity contribution in [2.75, 3.05) is 18.5 Å². The molecule has 0 aliphatic carbocycles. The zero-order valence-corrected chi connectivity index (χ0v) is 16.7. The molecule has 3 aromatic rings. The van der Waals surface area contributed by atoms with Crippen molar-refractivity contribution in [1.29, 1.82) is 0 Å².